The Morgan fingerprint density at radius 1 is 1.14 bits per heavy atom. The number of anilines is 1. The van der Waals surface area contributed by atoms with E-state index in [1.807, 2.05) is 12.1 Å². The molecule has 10 heteroatoms. The van der Waals surface area contributed by atoms with Crippen LogP contribution in [-0.4, -0.2) is 38.2 Å². The molecular formula is C27H26F3N5OS. The molecule has 0 saturated heterocycles. The summed E-state index contributed by atoms with van der Waals surface area (Å²) in [5.41, 5.74) is 3.52. The van der Waals surface area contributed by atoms with Crippen LogP contribution in [0.5, 0.6) is 0 Å². The van der Waals surface area contributed by atoms with Crippen molar-refractivity contribution in [3.8, 4) is 11.1 Å². The number of aliphatic imine (C=N–C) groups is 1. The number of fused-ring (bicyclic) bond motifs is 2. The highest BCUT2D eigenvalue weighted by atomic mass is 32.1. The van der Waals surface area contributed by atoms with E-state index in [9.17, 15) is 18.3 Å². The highest BCUT2D eigenvalue weighted by Gasteiger charge is 2.37. The monoisotopic (exact) mass is 525 g/mol. The van der Waals surface area contributed by atoms with Gasteiger partial charge < -0.3 is 10.4 Å². The first-order chi connectivity index (χ1) is 17.7. The van der Waals surface area contributed by atoms with Crippen molar-refractivity contribution in [3.63, 3.8) is 0 Å². The normalized spacial score (nSPS) is 21.5. The number of aliphatic hydroxyl groups excluding tert-OH is 1. The van der Waals surface area contributed by atoms with E-state index in [4.69, 9.17) is 4.98 Å². The molecule has 0 bridgehead atoms. The molecule has 1 fully saturated rings. The maximum Gasteiger partial charge on any atom is 0.435 e. The van der Waals surface area contributed by atoms with E-state index in [2.05, 4.69) is 27.5 Å². The van der Waals surface area contributed by atoms with E-state index < -0.39 is 11.9 Å². The number of rotatable bonds is 5. The van der Waals surface area contributed by atoms with Gasteiger partial charge in [0.25, 0.3) is 0 Å². The summed E-state index contributed by atoms with van der Waals surface area (Å²) in [5, 5.41) is 18.1. The topological polar surface area (TPSA) is 75.3 Å². The standard InChI is InChI=1S/C27H26F3N5OS/c1-35-14-19(25(34-35)27(28,29)30)16-7-8-18-17(12-16)13-31-22(18)10-15-6-9-21-24(11-15)37-26(33-21)32-20-4-2-3-5-23(20)36/h6-9,11-14,20,22-23,36H,2-5,10H2,1H3,(H,32,33)/t20-,22?,23-/m1/s1. The molecular weight excluding hydrogens is 499 g/mol. The Labute approximate surface area is 215 Å². The Balaban J connectivity index is 1.20. The van der Waals surface area contributed by atoms with Gasteiger partial charge in [0.05, 0.1) is 28.4 Å². The number of aryl methyl sites for hydroxylation is 1. The number of halogens is 3. The zero-order valence-corrected chi connectivity index (χ0v) is 21.0. The first-order valence-electron chi connectivity index (χ1n) is 12.4. The lowest BCUT2D eigenvalue weighted by molar-refractivity contribution is -0.140. The van der Waals surface area contributed by atoms with Gasteiger partial charge in [-0.3, -0.25) is 9.67 Å². The van der Waals surface area contributed by atoms with Crippen molar-refractivity contribution >= 4 is 32.9 Å². The van der Waals surface area contributed by atoms with E-state index in [-0.39, 0.29) is 23.8 Å². The molecule has 2 N–H and O–H groups in total. The van der Waals surface area contributed by atoms with Gasteiger partial charge in [0.2, 0.25) is 0 Å². The maximum absolute atomic E-state index is 13.5. The van der Waals surface area contributed by atoms with E-state index in [1.54, 1.807) is 29.7 Å². The molecule has 192 valence electrons. The van der Waals surface area contributed by atoms with Gasteiger partial charge >= 0.3 is 6.18 Å². The summed E-state index contributed by atoms with van der Waals surface area (Å²) in [6.07, 6.45) is 2.91. The Bertz CT molecular complexity index is 1490. The van der Waals surface area contributed by atoms with E-state index in [0.29, 0.717) is 12.0 Å². The molecule has 2 aromatic carbocycles. The Kier molecular flexibility index (Phi) is 6.03. The molecule has 3 heterocycles. The van der Waals surface area contributed by atoms with Gasteiger partial charge in [-0.25, -0.2) is 4.98 Å². The summed E-state index contributed by atoms with van der Waals surface area (Å²) in [6.45, 7) is 0. The fraction of sp³-hybridized carbons (Fsp3) is 0.370. The van der Waals surface area contributed by atoms with Gasteiger partial charge in [0.15, 0.2) is 10.8 Å². The summed E-state index contributed by atoms with van der Waals surface area (Å²) in [5.74, 6) is 0. The highest BCUT2D eigenvalue weighted by molar-refractivity contribution is 7.22. The first kappa shape index (κ1) is 24.1. The van der Waals surface area contributed by atoms with Crippen LogP contribution in [0.1, 0.15) is 54.1 Å². The van der Waals surface area contributed by atoms with Gasteiger partial charge in [0, 0.05) is 25.0 Å². The lowest BCUT2D eigenvalue weighted by atomic mass is 9.93. The molecule has 0 amide bonds. The van der Waals surface area contributed by atoms with Gasteiger partial charge in [-0.2, -0.15) is 18.3 Å². The molecule has 1 aliphatic heterocycles. The minimum Gasteiger partial charge on any atom is -0.391 e. The Hall–Kier alpha value is -3.24. The van der Waals surface area contributed by atoms with Crippen LogP contribution in [0.3, 0.4) is 0 Å². The van der Waals surface area contributed by atoms with Crippen molar-refractivity contribution in [2.45, 2.75) is 56.5 Å². The third kappa shape index (κ3) is 4.75. The van der Waals surface area contributed by atoms with Crippen molar-refractivity contribution in [1.82, 2.24) is 14.8 Å². The summed E-state index contributed by atoms with van der Waals surface area (Å²) in [7, 11) is 1.49. The fourth-order valence-corrected chi connectivity index (χ4v) is 6.29. The van der Waals surface area contributed by atoms with Gasteiger partial charge in [-0.15, -0.1) is 0 Å². The number of nitrogens with one attached hydrogen (secondary N) is 1. The minimum absolute atomic E-state index is 0.0434. The molecule has 2 aromatic heterocycles. The SMILES string of the molecule is Cn1cc(-c2ccc3c(c2)C=NC3Cc2ccc3nc(N[C@@H]4CCCC[C@H]4O)sc3c2)c(C(F)(F)F)n1. The predicted molar refractivity (Wildman–Crippen MR) is 139 cm³/mol. The van der Waals surface area contributed by atoms with Crippen molar-refractivity contribution in [2.75, 3.05) is 5.32 Å². The Morgan fingerprint density at radius 2 is 1.97 bits per heavy atom. The number of hydrogen-bond donors (Lipinski definition) is 2. The second-order valence-corrected chi connectivity index (χ2v) is 10.9. The fourth-order valence-electron chi connectivity index (χ4n) is 5.30. The van der Waals surface area contributed by atoms with Crippen LogP contribution in [0.2, 0.25) is 0 Å². The van der Waals surface area contributed by atoms with Gasteiger partial charge in [-0.05, 0) is 59.7 Å². The molecule has 1 saturated carbocycles. The molecule has 0 spiro atoms. The molecule has 6 nitrogen and oxygen atoms in total. The molecule has 1 aliphatic carbocycles. The van der Waals surface area contributed by atoms with Crippen molar-refractivity contribution in [1.29, 1.82) is 0 Å². The number of aliphatic hydroxyl groups is 1. The molecule has 6 rings (SSSR count). The molecule has 0 radical (unpaired) electrons. The molecule has 1 unspecified atom stereocenters. The zero-order chi connectivity index (χ0) is 25.7. The van der Waals surface area contributed by atoms with Crippen LogP contribution in [0, 0.1) is 0 Å². The predicted octanol–water partition coefficient (Wildman–Crippen LogP) is 6.15. The van der Waals surface area contributed by atoms with E-state index in [0.717, 1.165) is 57.7 Å². The van der Waals surface area contributed by atoms with E-state index in [1.165, 1.54) is 17.9 Å². The quantitative estimate of drug-likeness (QED) is 0.328. The first-order valence-corrected chi connectivity index (χ1v) is 13.2. The summed E-state index contributed by atoms with van der Waals surface area (Å²) in [4.78, 5) is 9.36. The molecule has 37 heavy (non-hydrogen) atoms. The lowest BCUT2D eigenvalue weighted by Gasteiger charge is -2.27. The summed E-state index contributed by atoms with van der Waals surface area (Å²) < 4.78 is 42.6. The van der Waals surface area contributed by atoms with Gasteiger partial charge in [0.1, 0.15) is 0 Å². The number of benzene rings is 2. The minimum atomic E-state index is -4.52. The summed E-state index contributed by atoms with van der Waals surface area (Å²) in [6, 6.07) is 11.5. The van der Waals surface area contributed by atoms with Crippen LogP contribution in [-0.2, 0) is 19.6 Å². The maximum atomic E-state index is 13.5. The molecule has 2 aliphatic rings. The lowest BCUT2D eigenvalue weighted by Crippen LogP contribution is -2.36. The van der Waals surface area contributed by atoms with Crippen LogP contribution in [0.25, 0.3) is 21.3 Å². The number of alkyl halides is 3. The van der Waals surface area contributed by atoms with E-state index >= 15 is 0 Å². The van der Waals surface area contributed by atoms with Crippen LogP contribution < -0.4 is 5.32 Å². The third-order valence-corrected chi connectivity index (χ3v) is 8.12. The average Bonchev–Trinajstić information content (AvgIpc) is 3.56. The van der Waals surface area contributed by atoms with Crippen LogP contribution in [0.15, 0.2) is 47.6 Å². The Morgan fingerprint density at radius 3 is 2.78 bits per heavy atom. The van der Waals surface area contributed by atoms with Gasteiger partial charge in [-0.1, -0.05) is 42.4 Å². The second kappa shape index (κ2) is 9.25. The number of nitrogens with zero attached hydrogens (tertiary/aromatic N) is 4. The largest absolute Gasteiger partial charge is 0.435 e. The zero-order valence-electron chi connectivity index (χ0n) is 20.2. The summed E-state index contributed by atoms with van der Waals surface area (Å²) >= 11 is 1.58. The average molecular weight is 526 g/mol. The smallest absolute Gasteiger partial charge is 0.391 e. The van der Waals surface area contributed by atoms with Crippen molar-refractivity contribution in [3.05, 3.63) is 65.0 Å². The molecule has 3 atom stereocenters. The number of hydrogen-bond acceptors (Lipinski definition) is 6. The van der Waals surface area contributed by atoms with Crippen LogP contribution >= 0.6 is 11.3 Å². The van der Waals surface area contributed by atoms with Crippen molar-refractivity contribution < 1.29 is 18.3 Å². The number of aromatic nitrogens is 3. The van der Waals surface area contributed by atoms with Crippen LogP contribution in [0.4, 0.5) is 18.3 Å². The van der Waals surface area contributed by atoms with Crippen molar-refractivity contribution in [2.24, 2.45) is 12.0 Å². The second-order valence-electron chi connectivity index (χ2n) is 9.83. The highest BCUT2D eigenvalue weighted by Crippen LogP contribution is 2.39. The molecule has 4 aromatic rings. The third-order valence-electron chi connectivity index (χ3n) is 7.17. The number of thiazole rings is 1.